The molecule has 1 N–H and O–H groups in total. The third kappa shape index (κ3) is 3.74. The molecule has 0 unspecified atom stereocenters. The molecule has 8 nitrogen and oxygen atoms in total. The highest BCUT2D eigenvalue weighted by atomic mass is 16.5. The molecule has 0 bridgehead atoms. The summed E-state index contributed by atoms with van der Waals surface area (Å²) in [6, 6.07) is 13.7. The minimum atomic E-state index is -0.353. The van der Waals surface area contributed by atoms with E-state index < -0.39 is 0 Å². The fourth-order valence-electron chi connectivity index (χ4n) is 3.50. The number of anilines is 1. The molecule has 0 aliphatic rings. The van der Waals surface area contributed by atoms with Crippen molar-refractivity contribution in [2.75, 3.05) is 26.6 Å². The lowest BCUT2D eigenvalue weighted by molar-refractivity contribution is 0.102. The largest absolute Gasteiger partial charge is 0.493 e. The first-order chi connectivity index (χ1) is 15.6. The highest BCUT2D eigenvalue weighted by Crippen LogP contribution is 2.39. The monoisotopic (exact) mass is 431 g/mol. The zero-order valence-corrected chi connectivity index (χ0v) is 17.8. The number of hydrogen-bond donors (Lipinski definition) is 1. The molecule has 0 saturated heterocycles. The molecular formula is C24H21N3O5. The molecule has 8 heteroatoms. The number of methoxy groups -OCH3 is 3. The molecule has 0 aliphatic heterocycles. The van der Waals surface area contributed by atoms with Crippen LogP contribution >= 0.6 is 0 Å². The van der Waals surface area contributed by atoms with Crippen LogP contribution < -0.4 is 25.1 Å². The molecule has 2 heterocycles. The zero-order chi connectivity index (χ0) is 22.7. The Morgan fingerprint density at radius 3 is 2.12 bits per heavy atom. The van der Waals surface area contributed by atoms with Crippen LogP contribution in [0.25, 0.3) is 16.5 Å². The number of fused-ring (bicyclic) bond motifs is 1. The number of pyridine rings is 2. The number of benzene rings is 2. The van der Waals surface area contributed by atoms with Crippen LogP contribution in [0.3, 0.4) is 0 Å². The number of aromatic nitrogens is 2. The summed E-state index contributed by atoms with van der Waals surface area (Å²) in [4.78, 5) is 30.4. The Bertz CT molecular complexity index is 1320. The second kappa shape index (κ2) is 8.81. The van der Waals surface area contributed by atoms with Crippen molar-refractivity contribution in [2.24, 2.45) is 0 Å². The quantitative estimate of drug-likeness (QED) is 0.501. The van der Waals surface area contributed by atoms with Crippen molar-refractivity contribution in [3.63, 3.8) is 0 Å². The smallest absolute Gasteiger partial charge is 0.263 e. The molecule has 0 spiro atoms. The molecule has 2 aromatic carbocycles. The number of rotatable bonds is 6. The first-order valence-electron chi connectivity index (χ1n) is 9.73. The molecule has 0 radical (unpaired) electrons. The van der Waals surface area contributed by atoms with Gasteiger partial charge in [-0.25, -0.2) is 0 Å². The van der Waals surface area contributed by atoms with Crippen molar-refractivity contribution in [3.05, 3.63) is 83.0 Å². The van der Waals surface area contributed by atoms with Crippen LogP contribution in [0.5, 0.6) is 17.2 Å². The van der Waals surface area contributed by atoms with Crippen molar-refractivity contribution >= 4 is 22.4 Å². The minimum Gasteiger partial charge on any atom is -0.493 e. The topological polar surface area (TPSA) is 91.7 Å². The van der Waals surface area contributed by atoms with Crippen LogP contribution in [-0.2, 0) is 0 Å². The van der Waals surface area contributed by atoms with Gasteiger partial charge in [-0.15, -0.1) is 0 Å². The van der Waals surface area contributed by atoms with Gasteiger partial charge in [0.1, 0.15) is 0 Å². The van der Waals surface area contributed by atoms with Gasteiger partial charge in [0, 0.05) is 47.2 Å². The Labute approximate surface area is 184 Å². The molecule has 32 heavy (non-hydrogen) atoms. The van der Waals surface area contributed by atoms with E-state index in [1.807, 2.05) is 0 Å². The van der Waals surface area contributed by atoms with Gasteiger partial charge in [0.2, 0.25) is 5.75 Å². The number of carbonyl (C=O) groups is 1. The Balaban J connectivity index is 1.93. The van der Waals surface area contributed by atoms with E-state index in [2.05, 4.69) is 10.3 Å². The minimum absolute atomic E-state index is 0.282. The first-order valence-corrected chi connectivity index (χ1v) is 9.73. The van der Waals surface area contributed by atoms with Gasteiger partial charge in [-0.05, 0) is 18.2 Å². The third-order valence-electron chi connectivity index (χ3n) is 5.04. The van der Waals surface area contributed by atoms with Gasteiger partial charge in [-0.3, -0.25) is 19.1 Å². The molecule has 4 rings (SSSR count). The van der Waals surface area contributed by atoms with Crippen LogP contribution in [0, 0.1) is 0 Å². The summed E-state index contributed by atoms with van der Waals surface area (Å²) >= 11 is 0. The van der Waals surface area contributed by atoms with Crippen LogP contribution in [-0.4, -0.2) is 36.8 Å². The van der Waals surface area contributed by atoms with Gasteiger partial charge >= 0.3 is 0 Å². The van der Waals surface area contributed by atoms with Crippen molar-refractivity contribution in [1.29, 1.82) is 0 Å². The number of nitrogens with zero attached hydrogens (tertiary/aromatic N) is 2. The zero-order valence-electron chi connectivity index (χ0n) is 17.8. The van der Waals surface area contributed by atoms with Gasteiger partial charge in [-0.1, -0.05) is 18.2 Å². The average Bonchev–Trinajstić information content (AvgIpc) is 2.84. The fourth-order valence-corrected chi connectivity index (χ4v) is 3.50. The van der Waals surface area contributed by atoms with Crippen LogP contribution in [0.1, 0.15) is 10.4 Å². The van der Waals surface area contributed by atoms with Gasteiger partial charge in [0.15, 0.2) is 11.5 Å². The van der Waals surface area contributed by atoms with Crippen molar-refractivity contribution in [2.45, 2.75) is 0 Å². The van der Waals surface area contributed by atoms with E-state index in [0.29, 0.717) is 45.0 Å². The summed E-state index contributed by atoms with van der Waals surface area (Å²) in [6.45, 7) is 0. The summed E-state index contributed by atoms with van der Waals surface area (Å²) in [5.41, 5.74) is 1.12. The fraction of sp³-hybridized carbons (Fsp3) is 0.125. The Morgan fingerprint density at radius 1 is 0.906 bits per heavy atom. The molecule has 162 valence electrons. The van der Waals surface area contributed by atoms with Gasteiger partial charge < -0.3 is 19.5 Å². The highest BCUT2D eigenvalue weighted by Gasteiger charge is 2.19. The average molecular weight is 431 g/mol. The Morgan fingerprint density at radius 2 is 1.53 bits per heavy atom. The number of nitrogens with one attached hydrogen (secondary N) is 1. The van der Waals surface area contributed by atoms with E-state index in [9.17, 15) is 9.59 Å². The summed E-state index contributed by atoms with van der Waals surface area (Å²) in [5, 5.41) is 3.80. The first kappa shape index (κ1) is 20.9. The summed E-state index contributed by atoms with van der Waals surface area (Å²) < 4.78 is 17.6. The number of ether oxygens (including phenoxy) is 3. The summed E-state index contributed by atoms with van der Waals surface area (Å²) in [5.74, 6) is 0.839. The van der Waals surface area contributed by atoms with Crippen molar-refractivity contribution in [3.8, 4) is 22.9 Å². The Kier molecular flexibility index (Phi) is 5.76. The maximum atomic E-state index is 13.3. The summed E-state index contributed by atoms with van der Waals surface area (Å²) in [6.07, 6.45) is 4.69. The maximum Gasteiger partial charge on any atom is 0.263 e. The van der Waals surface area contributed by atoms with Crippen molar-refractivity contribution in [1.82, 2.24) is 9.55 Å². The maximum absolute atomic E-state index is 13.3. The SMILES string of the molecule is COc1cc(-n2cc(C(=O)Nc3ccncc3)c3ccccc3c2=O)cc(OC)c1OC. The second-order valence-corrected chi connectivity index (χ2v) is 6.84. The van der Waals surface area contributed by atoms with Crippen LogP contribution in [0.4, 0.5) is 5.69 Å². The summed E-state index contributed by atoms with van der Waals surface area (Å²) in [7, 11) is 4.50. The molecule has 1 amide bonds. The van der Waals surface area contributed by atoms with E-state index in [-0.39, 0.29) is 11.5 Å². The lowest BCUT2D eigenvalue weighted by atomic mass is 10.1. The predicted molar refractivity (Wildman–Crippen MR) is 121 cm³/mol. The molecule has 0 aliphatic carbocycles. The van der Waals surface area contributed by atoms with E-state index in [1.54, 1.807) is 60.9 Å². The number of carbonyl (C=O) groups excluding carboxylic acids is 1. The molecule has 0 fully saturated rings. The molecular weight excluding hydrogens is 410 g/mol. The molecule has 4 aromatic rings. The van der Waals surface area contributed by atoms with Crippen LogP contribution in [0.2, 0.25) is 0 Å². The Hall–Kier alpha value is -4.33. The van der Waals surface area contributed by atoms with Gasteiger partial charge in [-0.2, -0.15) is 0 Å². The standard InChI is InChI=1S/C24H21N3O5/c1-30-20-12-16(13-21(31-2)22(20)32-3)27-14-19(17-6-4-5-7-18(17)24(27)29)23(28)26-15-8-10-25-11-9-15/h4-14H,1-3H3,(H,25,26,28). The second-order valence-electron chi connectivity index (χ2n) is 6.84. The highest BCUT2D eigenvalue weighted by molar-refractivity contribution is 6.12. The van der Waals surface area contributed by atoms with E-state index in [1.165, 1.54) is 32.1 Å². The lowest BCUT2D eigenvalue weighted by Crippen LogP contribution is -2.22. The van der Waals surface area contributed by atoms with E-state index >= 15 is 0 Å². The normalized spacial score (nSPS) is 10.6. The van der Waals surface area contributed by atoms with Gasteiger partial charge in [0.05, 0.1) is 32.6 Å². The lowest BCUT2D eigenvalue weighted by Gasteiger charge is -2.17. The third-order valence-corrected chi connectivity index (χ3v) is 5.04. The van der Waals surface area contributed by atoms with Crippen molar-refractivity contribution < 1.29 is 19.0 Å². The number of amides is 1. The van der Waals surface area contributed by atoms with E-state index in [4.69, 9.17) is 14.2 Å². The predicted octanol–water partition coefficient (Wildman–Crippen LogP) is 3.66. The van der Waals surface area contributed by atoms with Crippen LogP contribution in [0.15, 0.2) is 71.9 Å². The van der Waals surface area contributed by atoms with E-state index in [0.717, 1.165) is 0 Å². The molecule has 0 saturated carbocycles. The van der Waals surface area contributed by atoms with Gasteiger partial charge in [0.25, 0.3) is 11.5 Å². The molecule has 2 aromatic heterocycles. The molecule has 0 atom stereocenters. The number of hydrogen-bond acceptors (Lipinski definition) is 6.